The van der Waals surface area contributed by atoms with Crippen molar-refractivity contribution < 1.29 is 19.0 Å². The molecule has 1 atom stereocenters. The number of aromatic nitrogens is 1. The lowest BCUT2D eigenvalue weighted by molar-refractivity contribution is -0.139. The van der Waals surface area contributed by atoms with E-state index >= 15 is 0 Å². The zero-order valence-electron chi connectivity index (χ0n) is 14.9. The first-order valence-electron chi connectivity index (χ1n) is 7.95. The second kappa shape index (κ2) is 7.32. The van der Waals surface area contributed by atoms with Crippen LogP contribution >= 0.6 is 0 Å². The van der Waals surface area contributed by atoms with Crippen molar-refractivity contribution in [1.82, 2.24) is 9.47 Å². The normalized spacial score (nSPS) is 12.8. The molecule has 2 aromatic rings. The Morgan fingerprint density at radius 2 is 2.08 bits per heavy atom. The third kappa shape index (κ3) is 3.60. The molecule has 2 rings (SSSR count). The Morgan fingerprint density at radius 1 is 1.42 bits per heavy atom. The number of aliphatic hydroxyl groups is 1. The largest absolute Gasteiger partial charge is 0.469 e. The van der Waals surface area contributed by atoms with E-state index in [2.05, 4.69) is 4.90 Å². The van der Waals surface area contributed by atoms with Gasteiger partial charge in [0.05, 0.1) is 25.2 Å². The molecule has 0 aliphatic carbocycles. The van der Waals surface area contributed by atoms with E-state index < -0.39 is 11.9 Å². The number of hydrogen-bond donors (Lipinski definition) is 1. The van der Waals surface area contributed by atoms with Crippen LogP contribution in [-0.2, 0) is 29.4 Å². The van der Waals surface area contributed by atoms with Crippen molar-refractivity contribution >= 4 is 16.9 Å². The molecule has 0 spiro atoms. The molecule has 6 heteroatoms. The summed E-state index contributed by atoms with van der Waals surface area (Å²) in [6.07, 6.45) is -0.0525. The number of rotatable bonds is 6. The number of halogens is 1. The lowest BCUT2D eigenvalue weighted by Gasteiger charge is -2.12. The second-order valence-corrected chi connectivity index (χ2v) is 6.36. The maximum atomic E-state index is 14.3. The summed E-state index contributed by atoms with van der Waals surface area (Å²) >= 11 is 0. The third-order valence-electron chi connectivity index (χ3n) is 4.35. The zero-order valence-corrected chi connectivity index (χ0v) is 14.9. The number of methoxy groups -OCH3 is 1. The van der Waals surface area contributed by atoms with E-state index in [9.17, 15) is 14.3 Å². The molecule has 0 bridgehead atoms. The minimum absolute atomic E-state index is 0.126. The summed E-state index contributed by atoms with van der Waals surface area (Å²) in [5.41, 5.74) is 2.76. The van der Waals surface area contributed by atoms with Gasteiger partial charge in [-0.1, -0.05) is 0 Å². The van der Waals surface area contributed by atoms with E-state index in [1.807, 2.05) is 25.7 Å². The number of carbonyl (C=O) groups is 1. The maximum Gasteiger partial charge on any atom is 0.310 e. The summed E-state index contributed by atoms with van der Waals surface area (Å²) in [7, 11) is 7.19. The molecule has 1 aromatic carbocycles. The highest BCUT2D eigenvalue weighted by Crippen LogP contribution is 2.31. The lowest BCUT2D eigenvalue weighted by atomic mass is 10.0. The van der Waals surface area contributed by atoms with Crippen LogP contribution in [0.1, 0.15) is 29.8 Å². The highest BCUT2D eigenvalue weighted by molar-refractivity contribution is 5.90. The van der Waals surface area contributed by atoms with Crippen molar-refractivity contribution in [3.05, 3.63) is 34.8 Å². The van der Waals surface area contributed by atoms with Crippen LogP contribution in [0, 0.1) is 5.82 Å². The SMILES string of the molecule is COC(=O)Cc1c(CCN(C)C)n(C)c2cc(F)c(C(C)O)cc12. The highest BCUT2D eigenvalue weighted by atomic mass is 19.1. The van der Waals surface area contributed by atoms with Gasteiger partial charge in [-0.15, -0.1) is 0 Å². The Balaban J connectivity index is 2.66. The van der Waals surface area contributed by atoms with Gasteiger partial charge in [0, 0.05) is 36.7 Å². The lowest BCUT2D eigenvalue weighted by Crippen LogP contribution is -2.17. The van der Waals surface area contributed by atoms with E-state index in [0.717, 1.165) is 29.6 Å². The maximum absolute atomic E-state index is 14.3. The summed E-state index contributed by atoms with van der Waals surface area (Å²) in [5, 5.41) is 10.6. The van der Waals surface area contributed by atoms with E-state index in [1.165, 1.54) is 20.1 Å². The van der Waals surface area contributed by atoms with Crippen LogP contribution in [0.3, 0.4) is 0 Å². The number of likely N-dealkylation sites (N-methyl/N-ethyl adjacent to an activating group) is 1. The Kier molecular flexibility index (Phi) is 5.62. The van der Waals surface area contributed by atoms with Crippen molar-refractivity contribution in [2.75, 3.05) is 27.7 Å². The highest BCUT2D eigenvalue weighted by Gasteiger charge is 2.21. The van der Waals surface area contributed by atoms with Crippen molar-refractivity contribution in [1.29, 1.82) is 0 Å². The first-order valence-corrected chi connectivity index (χ1v) is 7.95. The molecule has 5 nitrogen and oxygen atoms in total. The molecule has 0 radical (unpaired) electrons. The van der Waals surface area contributed by atoms with E-state index in [-0.39, 0.29) is 18.0 Å². The van der Waals surface area contributed by atoms with Crippen LogP contribution in [-0.4, -0.2) is 48.3 Å². The fraction of sp³-hybridized carbons (Fsp3) is 0.500. The molecule has 1 N–H and O–H groups in total. The molecule has 24 heavy (non-hydrogen) atoms. The van der Waals surface area contributed by atoms with Gasteiger partial charge >= 0.3 is 5.97 Å². The van der Waals surface area contributed by atoms with Crippen LogP contribution in [0.4, 0.5) is 4.39 Å². The topological polar surface area (TPSA) is 54.7 Å². The van der Waals surface area contributed by atoms with E-state index in [1.54, 1.807) is 6.07 Å². The molecular weight excluding hydrogens is 311 g/mol. The van der Waals surface area contributed by atoms with Gasteiger partial charge in [-0.05, 0) is 38.7 Å². The number of benzene rings is 1. The molecule has 0 saturated heterocycles. The average Bonchev–Trinajstić information content (AvgIpc) is 2.76. The summed E-state index contributed by atoms with van der Waals surface area (Å²) in [6.45, 7) is 2.34. The molecule has 0 saturated carbocycles. The molecular formula is C18H25FN2O3. The van der Waals surface area contributed by atoms with E-state index in [4.69, 9.17) is 4.74 Å². The molecule has 0 aliphatic heterocycles. The Bertz CT molecular complexity index is 751. The van der Waals surface area contributed by atoms with Crippen molar-refractivity contribution in [2.45, 2.75) is 25.9 Å². The monoisotopic (exact) mass is 336 g/mol. The van der Waals surface area contributed by atoms with Crippen molar-refractivity contribution in [3.63, 3.8) is 0 Å². The third-order valence-corrected chi connectivity index (χ3v) is 4.35. The van der Waals surface area contributed by atoms with Crippen LogP contribution in [0.15, 0.2) is 12.1 Å². The van der Waals surface area contributed by atoms with Crippen LogP contribution in [0.25, 0.3) is 10.9 Å². The fourth-order valence-electron chi connectivity index (χ4n) is 2.98. The van der Waals surface area contributed by atoms with E-state index in [0.29, 0.717) is 5.52 Å². The van der Waals surface area contributed by atoms with Gasteiger partial charge in [0.15, 0.2) is 0 Å². The summed E-state index contributed by atoms with van der Waals surface area (Å²) in [4.78, 5) is 13.9. The van der Waals surface area contributed by atoms with Gasteiger partial charge in [0.1, 0.15) is 5.82 Å². The summed E-state index contributed by atoms with van der Waals surface area (Å²) < 4.78 is 21.0. The molecule has 1 unspecified atom stereocenters. The Hall–Kier alpha value is -1.92. The van der Waals surface area contributed by atoms with Gasteiger partial charge in [-0.25, -0.2) is 4.39 Å². The number of aliphatic hydroxyl groups excluding tert-OH is 1. The smallest absolute Gasteiger partial charge is 0.310 e. The van der Waals surface area contributed by atoms with Crippen LogP contribution in [0.5, 0.6) is 0 Å². The minimum atomic E-state index is -0.911. The summed E-state index contributed by atoms with van der Waals surface area (Å²) in [5.74, 6) is -0.779. The number of fused-ring (bicyclic) bond motifs is 1. The fourth-order valence-corrected chi connectivity index (χ4v) is 2.98. The predicted molar refractivity (Wildman–Crippen MR) is 91.5 cm³/mol. The number of hydrogen-bond acceptors (Lipinski definition) is 4. The molecule has 0 amide bonds. The zero-order chi connectivity index (χ0) is 18.0. The van der Waals surface area contributed by atoms with Gasteiger partial charge in [-0.3, -0.25) is 4.79 Å². The standard InChI is InChI=1S/C18H25FN2O3/c1-11(22)12-8-13-14(9-18(23)24-5)16(6-7-20(2)3)21(4)17(13)10-15(12)19/h8,10-11,22H,6-7,9H2,1-5H3. The first-order chi connectivity index (χ1) is 11.3. The second-order valence-electron chi connectivity index (χ2n) is 6.36. The number of aryl methyl sites for hydroxylation is 1. The predicted octanol–water partition coefficient (Wildman–Crippen LogP) is 2.19. The molecule has 1 heterocycles. The van der Waals surface area contributed by atoms with Crippen LogP contribution < -0.4 is 0 Å². The minimum Gasteiger partial charge on any atom is -0.469 e. The first kappa shape index (κ1) is 18.4. The average molecular weight is 336 g/mol. The summed E-state index contributed by atoms with van der Waals surface area (Å²) in [6, 6.07) is 3.07. The Labute approximate surface area is 141 Å². The molecule has 1 aromatic heterocycles. The van der Waals surface area contributed by atoms with Gasteiger partial charge in [0.25, 0.3) is 0 Å². The van der Waals surface area contributed by atoms with Gasteiger partial charge < -0.3 is 19.3 Å². The van der Waals surface area contributed by atoms with Crippen LogP contribution in [0.2, 0.25) is 0 Å². The van der Waals surface area contributed by atoms with Crippen molar-refractivity contribution in [3.8, 4) is 0 Å². The molecule has 0 aliphatic rings. The molecule has 0 fully saturated rings. The van der Waals surface area contributed by atoms with Gasteiger partial charge in [0.2, 0.25) is 0 Å². The quantitative estimate of drug-likeness (QED) is 0.822. The van der Waals surface area contributed by atoms with Crippen molar-refractivity contribution in [2.24, 2.45) is 7.05 Å². The number of nitrogens with zero attached hydrogens (tertiary/aromatic N) is 2. The number of carbonyl (C=O) groups excluding carboxylic acids is 1. The molecule has 132 valence electrons. The van der Waals surface area contributed by atoms with Gasteiger partial charge in [-0.2, -0.15) is 0 Å². The number of ether oxygens (including phenoxy) is 1. The number of esters is 1. The Morgan fingerprint density at radius 3 is 2.62 bits per heavy atom.